The Morgan fingerprint density at radius 3 is 2.86 bits per heavy atom. The molecule has 0 fully saturated rings. The highest BCUT2D eigenvalue weighted by Gasteiger charge is 2.10. The number of thiazole rings is 1. The van der Waals surface area contributed by atoms with Gasteiger partial charge in [-0.3, -0.25) is 4.79 Å². The van der Waals surface area contributed by atoms with Crippen LogP contribution in [0.25, 0.3) is 0 Å². The normalized spacial score (nSPS) is 11.0. The summed E-state index contributed by atoms with van der Waals surface area (Å²) in [5, 5.41) is 6.07. The van der Waals surface area contributed by atoms with E-state index in [1.54, 1.807) is 29.2 Å². The average molecular weight is 375 g/mol. The maximum absolute atomic E-state index is 11.7. The van der Waals surface area contributed by atoms with Gasteiger partial charge in [-0.2, -0.15) is 0 Å². The van der Waals surface area contributed by atoms with Crippen LogP contribution in [-0.4, -0.2) is 16.9 Å². The molecule has 1 heterocycles. The topological polar surface area (TPSA) is 42.0 Å². The standard InChI is InChI=1S/C15H16Cl2N2OS2/c1-9(2)18-14(20)6-12-8-22-15(19-12)21-7-10-3-4-11(16)5-13(10)17/h3-5,8-9H,6-7H2,1-2H3,(H,18,20). The predicted octanol–water partition coefficient (Wildman–Crippen LogP) is 4.81. The molecule has 1 N–H and O–H groups in total. The minimum atomic E-state index is -0.00223. The van der Waals surface area contributed by atoms with Crippen LogP contribution < -0.4 is 5.32 Å². The van der Waals surface area contributed by atoms with Crippen molar-refractivity contribution in [1.82, 2.24) is 10.3 Å². The molecule has 0 spiro atoms. The zero-order valence-corrected chi connectivity index (χ0v) is 15.4. The number of hydrogen-bond acceptors (Lipinski definition) is 4. The monoisotopic (exact) mass is 374 g/mol. The van der Waals surface area contributed by atoms with Crippen LogP contribution in [0.5, 0.6) is 0 Å². The van der Waals surface area contributed by atoms with Crippen LogP contribution in [0.2, 0.25) is 10.0 Å². The molecule has 2 rings (SSSR count). The van der Waals surface area contributed by atoms with E-state index in [-0.39, 0.29) is 11.9 Å². The molecule has 0 aliphatic rings. The average Bonchev–Trinajstić information content (AvgIpc) is 2.84. The minimum Gasteiger partial charge on any atom is -0.354 e. The van der Waals surface area contributed by atoms with Gasteiger partial charge in [0.1, 0.15) is 4.34 Å². The first-order chi connectivity index (χ1) is 10.4. The number of carbonyl (C=O) groups is 1. The van der Waals surface area contributed by atoms with Gasteiger partial charge in [-0.15, -0.1) is 11.3 Å². The molecule has 1 amide bonds. The van der Waals surface area contributed by atoms with E-state index < -0.39 is 0 Å². The first-order valence-corrected chi connectivity index (χ1v) is 9.36. The summed E-state index contributed by atoms with van der Waals surface area (Å²) in [4.78, 5) is 16.2. The fourth-order valence-electron chi connectivity index (χ4n) is 1.75. The fraction of sp³-hybridized carbons (Fsp3) is 0.333. The lowest BCUT2D eigenvalue weighted by Gasteiger charge is -2.06. The lowest BCUT2D eigenvalue weighted by atomic mass is 10.2. The lowest BCUT2D eigenvalue weighted by Crippen LogP contribution is -2.31. The third-order valence-electron chi connectivity index (χ3n) is 2.69. The zero-order valence-electron chi connectivity index (χ0n) is 12.2. The van der Waals surface area contributed by atoms with Crippen molar-refractivity contribution in [2.45, 2.75) is 36.4 Å². The van der Waals surface area contributed by atoms with Crippen LogP contribution in [0.1, 0.15) is 25.1 Å². The Morgan fingerprint density at radius 2 is 2.18 bits per heavy atom. The Bertz CT molecular complexity index is 659. The van der Waals surface area contributed by atoms with Crippen LogP contribution in [0.15, 0.2) is 27.9 Å². The highest BCUT2D eigenvalue weighted by Crippen LogP contribution is 2.30. The number of hydrogen-bond donors (Lipinski definition) is 1. The Balaban J connectivity index is 1.90. The molecule has 0 radical (unpaired) electrons. The highest BCUT2D eigenvalue weighted by molar-refractivity contribution is 8.00. The smallest absolute Gasteiger partial charge is 0.226 e. The minimum absolute atomic E-state index is 0.00223. The molecule has 7 heteroatoms. The molecule has 1 aromatic carbocycles. The van der Waals surface area contributed by atoms with Gasteiger partial charge in [0.2, 0.25) is 5.91 Å². The van der Waals surface area contributed by atoms with E-state index >= 15 is 0 Å². The molecule has 0 atom stereocenters. The Morgan fingerprint density at radius 1 is 1.41 bits per heavy atom. The van der Waals surface area contributed by atoms with Crippen molar-refractivity contribution in [3.8, 4) is 0 Å². The maximum Gasteiger partial charge on any atom is 0.226 e. The molecule has 2 aromatic rings. The largest absolute Gasteiger partial charge is 0.354 e. The van der Waals surface area contributed by atoms with E-state index in [2.05, 4.69) is 10.3 Å². The Hall–Kier alpha value is -0.750. The predicted molar refractivity (Wildman–Crippen MR) is 95.1 cm³/mol. The number of nitrogens with zero attached hydrogens (tertiary/aromatic N) is 1. The Kier molecular flexibility index (Phi) is 6.56. The number of amides is 1. The molecule has 118 valence electrons. The summed E-state index contributed by atoms with van der Waals surface area (Å²) < 4.78 is 0.929. The molecular formula is C15H16Cl2N2OS2. The van der Waals surface area contributed by atoms with E-state index in [1.807, 2.05) is 31.4 Å². The molecule has 0 unspecified atom stereocenters. The number of halogens is 2. The van der Waals surface area contributed by atoms with Crippen molar-refractivity contribution in [1.29, 1.82) is 0 Å². The lowest BCUT2D eigenvalue weighted by molar-refractivity contribution is -0.120. The van der Waals surface area contributed by atoms with Crippen LogP contribution in [0, 0.1) is 0 Å². The molecule has 0 saturated heterocycles. The van der Waals surface area contributed by atoms with Gasteiger partial charge in [0.05, 0.1) is 12.1 Å². The van der Waals surface area contributed by atoms with Crippen LogP contribution >= 0.6 is 46.3 Å². The summed E-state index contributed by atoms with van der Waals surface area (Å²) >= 11 is 15.2. The fourth-order valence-corrected chi connectivity index (χ4v) is 4.15. The molecule has 3 nitrogen and oxygen atoms in total. The van der Waals surface area contributed by atoms with E-state index in [4.69, 9.17) is 23.2 Å². The van der Waals surface area contributed by atoms with Gasteiger partial charge in [0.25, 0.3) is 0 Å². The molecule has 0 bridgehead atoms. The van der Waals surface area contributed by atoms with E-state index in [0.717, 1.165) is 21.3 Å². The number of nitrogens with one attached hydrogen (secondary N) is 1. The first kappa shape index (κ1) is 17.6. The maximum atomic E-state index is 11.7. The highest BCUT2D eigenvalue weighted by atomic mass is 35.5. The summed E-state index contributed by atoms with van der Waals surface area (Å²) in [7, 11) is 0. The molecule has 1 aromatic heterocycles. The number of benzene rings is 1. The molecule has 22 heavy (non-hydrogen) atoms. The van der Waals surface area contributed by atoms with E-state index in [9.17, 15) is 4.79 Å². The summed E-state index contributed by atoms with van der Waals surface area (Å²) in [5.74, 6) is 0.721. The van der Waals surface area contributed by atoms with Gasteiger partial charge < -0.3 is 5.32 Å². The molecule has 0 saturated carbocycles. The molecule has 0 aliphatic carbocycles. The SMILES string of the molecule is CC(C)NC(=O)Cc1csc(SCc2ccc(Cl)cc2Cl)n1. The quantitative estimate of drug-likeness (QED) is 0.737. The van der Waals surface area contributed by atoms with E-state index in [0.29, 0.717) is 16.5 Å². The first-order valence-electron chi connectivity index (χ1n) is 6.74. The number of thioether (sulfide) groups is 1. The summed E-state index contributed by atoms with van der Waals surface area (Å²) in [6.45, 7) is 3.88. The summed E-state index contributed by atoms with van der Waals surface area (Å²) in [6.07, 6.45) is 0.316. The second-order valence-corrected chi connectivity index (χ2v) is 7.95. The van der Waals surface area contributed by atoms with Crippen LogP contribution in [0.4, 0.5) is 0 Å². The van der Waals surface area contributed by atoms with Gasteiger partial charge in [-0.25, -0.2) is 4.98 Å². The van der Waals surface area contributed by atoms with Gasteiger partial charge in [-0.1, -0.05) is 41.0 Å². The van der Waals surface area contributed by atoms with Gasteiger partial charge in [-0.05, 0) is 31.5 Å². The van der Waals surface area contributed by atoms with Gasteiger partial charge in [0, 0.05) is 27.2 Å². The van der Waals surface area contributed by atoms with Gasteiger partial charge in [0.15, 0.2) is 0 Å². The van der Waals surface area contributed by atoms with Crippen molar-refractivity contribution < 1.29 is 4.79 Å². The van der Waals surface area contributed by atoms with Crippen molar-refractivity contribution in [2.75, 3.05) is 0 Å². The number of rotatable bonds is 6. The zero-order chi connectivity index (χ0) is 16.1. The second kappa shape index (κ2) is 8.20. The summed E-state index contributed by atoms with van der Waals surface area (Å²) in [6, 6.07) is 5.63. The van der Waals surface area contributed by atoms with Crippen molar-refractivity contribution in [3.05, 3.63) is 44.9 Å². The van der Waals surface area contributed by atoms with Crippen molar-refractivity contribution >= 4 is 52.2 Å². The number of carbonyl (C=O) groups excluding carboxylic acids is 1. The Labute approximate surface area is 148 Å². The van der Waals surface area contributed by atoms with Crippen LogP contribution in [-0.2, 0) is 17.0 Å². The molecule has 0 aliphatic heterocycles. The van der Waals surface area contributed by atoms with Gasteiger partial charge >= 0.3 is 0 Å². The van der Waals surface area contributed by atoms with Crippen molar-refractivity contribution in [2.24, 2.45) is 0 Å². The van der Waals surface area contributed by atoms with Crippen LogP contribution in [0.3, 0.4) is 0 Å². The number of aromatic nitrogens is 1. The third kappa shape index (κ3) is 5.47. The van der Waals surface area contributed by atoms with E-state index in [1.165, 1.54) is 0 Å². The third-order valence-corrected chi connectivity index (χ3v) is 5.39. The second-order valence-electron chi connectivity index (χ2n) is 5.03. The molecular weight excluding hydrogens is 359 g/mol. The van der Waals surface area contributed by atoms with Crippen molar-refractivity contribution in [3.63, 3.8) is 0 Å². The summed E-state index contributed by atoms with van der Waals surface area (Å²) in [5.41, 5.74) is 1.82.